The number of aromatic nitrogens is 2. The summed E-state index contributed by atoms with van der Waals surface area (Å²) >= 11 is 0. The highest BCUT2D eigenvalue weighted by Crippen LogP contribution is 2.16. The summed E-state index contributed by atoms with van der Waals surface area (Å²) in [6, 6.07) is 2.04. The Morgan fingerprint density at radius 2 is 1.88 bits per heavy atom. The Bertz CT molecular complexity index is 397. The monoisotopic (exact) mass is 231 g/mol. The van der Waals surface area contributed by atoms with Crippen LogP contribution in [0.25, 0.3) is 6.08 Å². The molecule has 2 rings (SSSR count). The van der Waals surface area contributed by atoms with Crippen molar-refractivity contribution in [3.8, 4) is 0 Å². The number of rotatable bonds is 2. The third-order valence-corrected chi connectivity index (χ3v) is 3.20. The summed E-state index contributed by atoms with van der Waals surface area (Å²) in [7, 11) is 0. The van der Waals surface area contributed by atoms with Crippen molar-refractivity contribution >= 4 is 6.08 Å². The molecule has 1 fully saturated rings. The molecule has 3 nitrogen and oxygen atoms in total. The van der Waals surface area contributed by atoms with Crippen molar-refractivity contribution in [2.24, 2.45) is 0 Å². The van der Waals surface area contributed by atoms with Crippen LogP contribution >= 0.6 is 0 Å². The first-order chi connectivity index (χ1) is 8.15. The van der Waals surface area contributed by atoms with Crippen molar-refractivity contribution in [3.05, 3.63) is 29.0 Å². The van der Waals surface area contributed by atoms with Crippen LogP contribution in [0.5, 0.6) is 0 Å². The Hall–Kier alpha value is -1.38. The quantitative estimate of drug-likeness (QED) is 0.783. The molecule has 0 amide bonds. The highest BCUT2D eigenvalue weighted by atomic mass is 15.1. The summed E-state index contributed by atoms with van der Waals surface area (Å²) < 4.78 is 0. The summed E-state index contributed by atoms with van der Waals surface area (Å²) in [5.41, 5.74) is 3.38. The van der Waals surface area contributed by atoms with Crippen molar-refractivity contribution in [1.29, 1.82) is 0 Å². The average Bonchev–Trinajstić information content (AvgIpc) is 2.28. The Morgan fingerprint density at radius 3 is 2.53 bits per heavy atom. The predicted octanol–water partition coefficient (Wildman–Crippen LogP) is 2.94. The van der Waals surface area contributed by atoms with E-state index in [9.17, 15) is 0 Å². The zero-order chi connectivity index (χ0) is 12.3. The molecule has 0 spiro atoms. The normalized spacial score (nSPS) is 17.4. The molecule has 0 aliphatic carbocycles. The Kier molecular flexibility index (Phi) is 3.77. The van der Waals surface area contributed by atoms with Crippen molar-refractivity contribution in [3.63, 3.8) is 0 Å². The third kappa shape index (κ3) is 3.29. The number of allylic oxidation sites excluding steroid dienone is 1. The van der Waals surface area contributed by atoms with Gasteiger partial charge in [0.15, 0.2) is 0 Å². The molecule has 0 unspecified atom stereocenters. The van der Waals surface area contributed by atoms with Crippen LogP contribution in [0.4, 0.5) is 0 Å². The summed E-state index contributed by atoms with van der Waals surface area (Å²) in [6.45, 7) is 8.51. The highest BCUT2D eigenvalue weighted by Gasteiger charge is 2.10. The van der Waals surface area contributed by atoms with Gasteiger partial charge in [-0.3, -0.25) is 0 Å². The minimum Gasteiger partial charge on any atom is -0.375 e. The molecule has 1 saturated heterocycles. The zero-order valence-corrected chi connectivity index (χ0v) is 11.0. The number of aryl methyl sites for hydroxylation is 2. The maximum atomic E-state index is 4.45. The van der Waals surface area contributed by atoms with E-state index in [2.05, 4.69) is 27.9 Å². The van der Waals surface area contributed by atoms with Gasteiger partial charge in [-0.2, -0.15) is 0 Å². The molecular weight excluding hydrogens is 210 g/mol. The van der Waals surface area contributed by atoms with Crippen LogP contribution in [0.3, 0.4) is 0 Å². The van der Waals surface area contributed by atoms with E-state index < -0.39 is 0 Å². The smallest absolute Gasteiger partial charge is 0.126 e. The third-order valence-electron chi connectivity index (χ3n) is 3.20. The van der Waals surface area contributed by atoms with Gasteiger partial charge in [0.25, 0.3) is 0 Å². The Morgan fingerprint density at radius 1 is 1.18 bits per heavy atom. The molecule has 1 aliphatic heterocycles. The maximum Gasteiger partial charge on any atom is 0.126 e. The second-order valence-corrected chi connectivity index (χ2v) is 4.81. The van der Waals surface area contributed by atoms with Gasteiger partial charge < -0.3 is 4.90 Å². The molecule has 0 aromatic carbocycles. The summed E-state index contributed by atoms with van der Waals surface area (Å²) in [4.78, 5) is 11.2. The lowest BCUT2D eigenvalue weighted by Crippen LogP contribution is -2.27. The first kappa shape index (κ1) is 12.1. The van der Waals surface area contributed by atoms with Gasteiger partial charge in [-0.15, -0.1) is 0 Å². The highest BCUT2D eigenvalue weighted by molar-refractivity contribution is 5.48. The van der Waals surface area contributed by atoms with E-state index in [1.165, 1.54) is 38.0 Å². The Balaban J connectivity index is 2.16. The Labute approximate surface area is 104 Å². The molecule has 0 bridgehead atoms. The molecule has 0 radical (unpaired) electrons. The van der Waals surface area contributed by atoms with Crippen LogP contribution in [0.15, 0.2) is 11.8 Å². The summed E-state index contributed by atoms with van der Waals surface area (Å²) in [5.74, 6) is 0.850. The molecule has 1 aliphatic rings. The van der Waals surface area contributed by atoms with Crippen LogP contribution in [-0.4, -0.2) is 28.0 Å². The fourth-order valence-corrected chi connectivity index (χ4v) is 2.37. The molecule has 92 valence electrons. The molecular formula is C14H21N3. The van der Waals surface area contributed by atoms with Crippen LogP contribution in [-0.2, 0) is 0 Å². The van der Waals surface area contributed by atoms with Crippen LogP contribution in [0, 0.1) is 13.8 Å². The minimum atomic E-state index is 0.850. The molecule has 1 aromatic heterocycles. The van der Waals surface area contributed by atoms with Gasteiger partial charge in [-0.05, 0) is 52.2 Å². The van der Waals surface area contributed by atoms with E-state index in [1.807, 2.05) is 19.9 Å². The number of hydrogen-bond acceptors (Lipinski definition) is 3. The molecule has 0 N–H and O–H groups in total. The summed E-state index contributed by atoms with van der Waals surface area (Å²) in [6.07, 6.45) is 6.17. The fraction of sp³-hybridized carbons (Fsp3) is 0.571. The van der Waals surface area contributed by atoms with Crippen molar-refractivity contribution < 1.29 is 0 Å². The molecule has 1 aromatic rings. The maximum absolute atomic E-state index is 4.45. The average molecular weight is 231 g/mol. The molecule has 0 atom stereocenters. The van der Waals surface area contributed by atoms with E-state index in [4.69, 9.17) is 0 Å². The largest absolute Gasteiger partial charge is 0.375 e. The van der Waals surface area contributed by atoms with Crippen LogP contribution in [0.2, 0.25) is 0 Å². The number of hydrogen-bond donors (Lipinski definition) is 0. The van der Waals surface area contributed by atoms with E-state index in [1.54, 1.807) is 0 Å². The number of piperidine rings is 1. The van der Waals surface area contributed by atoms with Gasteiger partial charge in [0.1, 0.15) is 5.82 Å². The minimum absolute atomic E-state index is 0.850. The lowest BCUT2D eigenvalue weighted by Gasteiger charge is -2.29. The molecule has 3 heteroatoms. The van der Waals surface area contributed by atoms with E-state index in [0.29, 0.717) is 0 Å². The molecule has 2 heterocycles. The van der Waals surface area contributed by atoms with E-state index in [0.717, 1.165) is 17.2 Å². The lowest BCUT2D eigenvalue weighted by atomic mass is 10.1. The topological polar surface area (TPSA) is 29.0 Å². The van der Waals surface area contributed by atoms with E-state index in [-0.39, 0.29) is 0 Å². The van der Waals surface area contributed by atoms with Crippen molar-refractivity contribution in [2.75, 3.05) is 13.1 Å². The van der Waals surface area contributed by atoms with Gasteiger partial charge >= 0.3 is 0 Å². The van der Waals surface area contributed by atoms with E-state index >= 15 is 0 Å². The van der Waals surface area contributed by atoms with Crippen LogP contribution in [0.1, 0.15) is 43.4 Å². The van der Waals surface area contributed by atoms with Crippen LogP contribution < -0.4 is 0 Å². The predicted molar refractivity (Wildman–Crippen MR) is 70.6 cm³/mol. The van der Waals surface area contributed by atoms with Gasteiger partial charge in [-0.25, -0.2) is 9.97 Å². The first-order valence-electron chi connectivity index (χ1n) is 6.41. The molecule has 0 saturated carbocycles. The van der Waals surface area contributed by atoms with Gasteiger partial charge in [0.2, 0.25) is 0 Å². The standard InChI is InChI=1S/C14H21N3/c1-11-9-14(16-13(3)15-11)10-12(2)17-7-5-4-6-8-17/h9-10H,4-8H2,1-3H3/b12-10+. The number of nitrogens with zero attached hydrogens (tertiary/aromatic N) is 3. The lowest BCUT2D eigenvalue weighted by molar-refractivity contribution is 0.288. The van der Waals surface area contributed by atoms with Gasteiger partial charge in [0.05, 0.1) is 5.69 Å². The second kappa shape index (κ2) is 5.30. The first-order valence-corrected chi connectivity index (χ1v) is 6.41. The fourth-order valence-electron chi connectivity index (χ4n) is 2.37. The summed E-state index contributed by atoms with van der Waals surface area (Å²) in [5, 5.41) is 0. The SMILES string of the molecule is C/C(=C\c1cc(C)nc(C)n1)N1CCCCC1. The van der Waals surface area contributed by atoms with Gasteiger partial charge in [0, 0.05) is 24.5 Å². The van der Waals surface area contributed by atoms with Crippen molar-refractivity contribution in [1.82, 2.24) is 14.9 Å². The molecule has 17 heavy (non-hydrogen) atoms. The van der Waals surface area contributed by atoms with Crippen molar-refractivity contribution in [2.45, 2.75) is 40.0 Å². The zero-order valence-electron chi connectivity index (χ0n) is 11.0. The number of likely N-dealkylation sites (tertiary alicyclic amines) is 1. The van der Waals surface area contributed by atoms with Gasteiger partial charge in [-0.1, -0.05) is 0 Å². The second-order valence-electron chi connectivity index (χ2n) is 4.81.